The Morgan fingerprint density at radius 1 is 0.404 bits per heavy atom. The van der Waals surface area contributed by atoms with Crippen molar-refractivity contribution in [3.63, 3.8) is 0 Å². The average Bonchev–Trinajstić information content (AvgIpc) is 3.99. The Hall–Kier alpha value is -7.19. The zero-order valence-corrected chi connectivity index (χ0v) is 28.2. The summed E-state index contributed by atoms with van der Waals surface area (Å²) in [6, 6.07) is 44.8. The summed E-state index contributed by atoms with van der Waals surface area (Å²) in [7, 11) is 0. The number of H-pyrrole nitrogens is 3. The molecule has 0 saturated heterocycles. The number of allylic oxidation sites excluding steroid dienone is 2. The van der Waals surface area contributed by atoms with Gasteiger partial charge >= 0.3 is 0 Å². The minimum absolute atomic E-state index is 0.149. The van der Waals surface area contributed by atoms with Crippen LogP contribution in [-0.4, -0.2) is 20.7 Å². The molecular weight excluding hydrogens is 641 g/mol. The van der Waals surface area contributed by atoms with Crippen LogP contribution in [0.5, 0.6) is 0 Å². The normalized spacial score (nSPS) is 15.3. The van der Waals surface area contributed by atoms with E-state index in [0.29, 0.717) is 22.7 Å². The third-order valence-electron chi connectivity index (χ3n) is 9.82. The van der Waals surface area contributed by atoms with Crippen LogP contribution in [0.1, 0.15) is 50.9 Å². The van der Waals surface area contributed by atoms with E-state index in [9.17, 15) is 0 Å². The average molecular weight is 677 g/mol. The summed E-state index contributed by atoms with van der Waals surface area (Å²) in [6.45, 7) is 0. The molecule has 2 aliphatic heterocycles. The lowest BCUT2D eigenvalue weighted by Crippen LogP contribution is -2.19. The van der Waals surface area contributed by atoms with Gasteiger partial charge in [0.2, 0.25) is 0 Å². The Labute approximate surface area is 300 Å². The van der Waals surface area contributed by atoms with E-state index in [1.165, 1.54) is 0 Å². The van der Waals surface area contributed by atoms with Crippen LogP contribution in [0.25, 0.3) is 16.7 Å². The second-order valence-electron chi connectivity index (χ2n) is 13.2. The van der Waals surface area contributed by atoms with Crippen molar-refractivity contribution in [1.82, 2.24) is 15.0 Å². The van der Waals surface area contributed by atoms with Crippen LogP contribution in [0.4, 0.5) is 22.7 Å². The molecule has 8 bridgehead atoms. The van der Waals surface area contributed by atoms with Crippen LogP contribution >= 0.6 is 0 Å². The van der Waals surface area contributed by atoms with Gasteiger partial charge < -0.3 is 37.9 Å². The molecule has 11 N–H and O–H groups in total. The smallest absolute Gasteiger partial charge is 0.0737 e. The van der Waals surface area contributed by atoms with E-state index in [1.807, 2.05) is 72.8 Å². The molecule has 7 aromatic rings. The van der Waals surface area contributed by atoms with Crippen molar-refractivity contribution in [3.05, 3.63) is 207 Å². The topological polar surface area (TPSA) is 164 Å². The number of fused-ring (bicyclic) bond motifs is 7. The van der Waals surface area contributed by atoms with Gasteiger partial charge in [-0.1, -0.05) is 48.5 Å². The first-order chi connectivity index (χ1) is 25.4. The number of hydrogen-bond donors (Lipinski definition) is 7. The van der Waals surface area contributed by atoms with Gasteiger partial charge in [-0.3, -0.25) is 0 Å². The molecule has 1 atom stereocenters. The zero-order chi connectivity index (χ0) is 35.3. The summed E-state index contributed by atoms with van der Waals surface area (Å²) in [5.74, 6) is -0.149. The fourth-order valence-electron chi connectivity index (χ4n) is 7.28. The Kier molecular flexibility index (Phi) is 7.29. The van der Waals surface area contributed by atoms with Crippen molar-refractivity contribution >= 4 is 45.2 Å². The van der Waals surface area contributed by atoms with Gasteiger partial charge in [0, 0.05) is 72.9 Å². The number of anilines is 4. The molecule has 52 heavy (non-hydrogen) atoms. The van der Waals surface area contributed by atoms with Gasteiger partial charge in [-0.2, -0.15) is 0 Å². The van der Waals surface area contributed by atoms with E-state index in [4.69, 9.17) is 27.9 Å². The minimum atomic E-state index is -0.149. The molecule has 2 aliphatic rings. The molecule has 9 rings (SSSR count). The van der Waals surface area contributed by atoms with Crippen molar-refractivity contribution in [1.29, 1.82) is 0 Å². The Morgan fingerprint density at radius 2 is 0.846 bits per heavy atom. The van der Waals surface area contributed by atoms with Crippen LogP contribution in [0.3, 0.4) is 0 Å². The molecule has 0 fully saturated rings. The van der Waals surface area contributed by atoms with Gasteiger partial charge in [0.05, 0.1) is 17.3 Å². The maximum absolute atomic E-state index is 6.16. The van der Waals surface area contributed by atoms with E-state index in [1.54, 1.807) is 0 Å². The van der Waals surface area contributed by atoms with Gasteiger partial charge in [0.1, 0.15) is 0 Å². The molecule has 4 aromatic carbocycles. The molecule has 8 nitrogen and oxygen atoms in total. The highest BCUT2D eigenvalue weighted by molar-refractivity contribution is 6.30. The van der Waals surface area contributed by atoms with E-state index in [-0.39, 0.29) is 5.92 Å². The van der Waals surface area contributed by atoms with Crippen molar-refractivity contribution in [2.75, 3.05) is 22.9 Å². The highest BCUT2D eigenvalue weighted by Crippen LogP contribution is 2.37. The van der Waals surface area contributed by atoms with Gasteiger partial charge in [-0.15, -0.1) is 0 Å². The van der Waals surface area contributed by atoms with Crippen molar-refractivity contribution < 1.29 is 0 Å². The van der Waals surface area contributed by atoms with Crippen molar-refractivity contribution in [2.45, 2.75) is 5.92 Å². The number of hydrogen-bond acceptors (Lipinski definition) is 5. The van der Waals surface area contributed by atoms with Gasteiger partial charge in [0.15, 0.2) is 0 Å². The quantitative estimate of drug-likeness (QED) is 0.107. The maximum atomic E-state index is 6.16. The predicted octanol–water partition coefficient (Wildman–Crippen LogP) is 6.41. The number of aromatic amines is 3. The molecule has 5 heterocycles. The maximum Gasteiger partial charge on any atom is 0.0737 e. The minimum Gasteiger partial charge on any atom is -0.399 e. The lowest BCUT2D eigenvalue weighted by Gasteiger charge is -2.17. The summed E-state index contributed by atoms with van der Waals surface area (Å²) in [6.07, 6.45) is 4.17. The molecule has 0 saturated carbocycles. The first-order valence-corrected chi connectivity index (χ1v) is 17.1. The Balaban J connectivity index is 1.39. The van der Waals surface area contributed by atoms with Crippen LogP contribution in [-0.2, 0) is 0 Å². The summed E-state index contributed by atoms with van der Waals surface area (Å²) in [5, 5.41) is 1.87. The Morgan fingerprint density at radius 3 is 1.38 bits per heavy atom. The lowest BCUT2D eigenvalue weighted by atomic mass is 9.92. The second-order valence-corrected chi connectivity index (χ2v) is 13.2. The number of nitrogen functional groups attached to an aromatic ring is 4. The molecule has 3 aromatic heterocycles. The number of nitrogens with two attached hydrogens (primary N) is 4. The highest BCUT2D eigenvalue weighted by Gasteiger charge is 2.25. The Bertz CT molecular complexity index is 2680. The third-order valence-corrected chi connectivity index (χ3v) is 9.82. The van der Waals surface area contributed by atoms with Crippen LogP contribution < -0.4 is 33.6 Å². The number of aromatic nitrogens is 3. The number of benzene rings is 4. The highest BCUT2D eigenvalue weighted by atomic mass is 14.8. The number of aliphatic imine (C=N–C) groups is 1. The van der Waals surface area contributed by atoms with Crippen LogP contribution in [0, 0.1) is 0 Å². The number of nitrogens with zero attached hydrogens (tertiary/aromatic N) is 1. The van der Waals surface area contributed by atoms with Gasteiger partial charge in [-0.05, 0) is 119 Å². The summed E-state index contributed by atoms with van der Waals surface area (Å²) in [4.78, 5) is 16.8. The number of nitrogens with one attached hydrogen (secondary N) is 3. The summed E-state index contributed by atoms with van der Waals surface area (Å²) >= 11 is 0. The van der Waals surface area contributed by atoms with Crippen molar-refractivity contribution in [2.24, 2.45) is 4.99 Å². The lowest BCUT2D eigenvalue weighted by molar-refractivity contribution is 0.893. The fraction of sp³-hybridized carbons (Fsp3) is 0.0227. The fourth-order valence-corrected chi connectivity index (χ4v) is 7.28. The largest absolute Gasteiger partial charge is 0.399 e. The number of rotatable bonds is 4. The second kappa shape index (κ2) is 12.3. The standard InChI is InChI=1S/C44H36N8/c45-29-9-1-25(2-10-29)41-33-17-19-35(49-33)42(26-3-11-30(46)12-4-26)37-21-23-39(51-37)44(28-7-15-32(48)16-8-28)40-24-22-38(52-40)43(36-20-18-34(41)50-36)27-5-13-31(47)14-6-27/h1-24,41,49-51H,45-48H2. The van der Waals surface area contributed by atoms with Gasteiger partial charge in [-0.25, -0.2) is 4.99 Å². The van der Waals surface area contributed by atoms with Crippen LogP contribution in [0.15, 0.2) is 156 Å². The first-order valence-electron chi connectivity index (χ1n) is 17.1. The van der Waals surface area contributed by atoms with E-state index in [2.05, 4.69) is 87.8 Å². The molecule has 8 heteroatoms. The molecular formula is C44H36N8. The molecule has 0 radical (unpaired) electrons. The molecule has 252 valence electrons. The summed E-state index contributed by atoms with van der Waals surface area (Å²) in [5.41, 5.74) is 40.1. The molecule has 1 unspecified atom stereocenters. The first kappa shape index (κ1) is 30.8. The van der Waals surface area contributed by atoms with Gasteiger partial charge in [0.25, 0.3) is 0 Å². The third kappa shape index (κ3) is 5.48. The molecule has 0 spiro atoms. The SMILES string of the molecule is Nc1ccc(C2=C3C=CC(=N3)C(c3ccc(N)cc3)=c3ccc([nH]3)=C(c3ccc(N)cc3)c3ccc([nH]3)C(c3ccc(N)cc3)c3ccc2[nH]3)cc1. The van der Waals surface area contributed by atoms with E-state index >= 15 is 0 Å². The van der Waals surface area contributed by atoms with Crippen molar-refractivity contribution in [3.8, 4) is 0 Å². The molecule has 0 amide bonds. The van der Waals surface area contributed by atoms with E-state index < -0.39 is 0 Å². The van der Waals surface area contributed by atoms with Crippen LogP contribution in [0.2, 0.25) is 0 Å². The summed E-state index contributed by atoms with van der Waals surface area (Å²) < 4.78 is 0. The predicted molar refractivity (Wildman–Crippen MR) is 213 cm³/mol. The zero-order valence-electron chi connectivity index (χ0n) is 28.2. The van der Waals surface area contributed by atoms with E-state index in [0.717, 1.165) is 83.9 Å². The monoisotopic (exact) mass is 676 g/mol. The molecule has 0 aliphatic carbocycles.